The first-order chi connectivity index (χ1) is 13.6. The number of rotatable bonds is 7. The number of hydrogen-bond acceptors (Lipinski definition) is 3. The van der Waals surface area contributed by atoms with Crippen LogP contribution >= 0.6 is 0 Å². The number of amides is 2. The number of aromatic hydroxyl groups is 1. The number of hydrogen-bond donors (Lipinski definition) is 2. The van der Waals surface area contributed by atoms with Crippen molar-refractivity contribution in [3.8, 4) is 11.5 Å². The molecule has 1 aliphatic rings. The van der Waals surface area contributed by atoms with E-state index in [1.54, 1.807) is 19.2 Å². The maximum absolute atomic E-state index is 12.4. The highest BCUT2D eigenvalue weighted by atomic mass is 16.5. The lowest BCUT2D eigenvalue weighted by Crippen LogP contribution is -2.45. The van der Waals surface area contributed by atoms with E-state index in [0.717, 1.165) is 50.9 Å². The second kappa shape index (κ2) is 10.0. The van der Waals surface area contributed by atoms with Crippen LogP contribution in [0.25, 0.3) is 0 Å². The summed E-state index contributed by atoms with van der Waals surface area (Å²) in [5, 5.41) is 12.4. The summed E-state index contributed by atoms with van der Waals surface area (Å²) in [4.78, 5) is 14.3. The predicted octanol–water partition coefficient (Wildman–Crippen LogP) is 4.00. The van der Waals surface area contributed by atoms with Gasteiger partial charge >= 0.3 is 6.03 Å². The molecule has 2 N–H and O–H groups in total. The molecule has 1 fully saturated rings. The number of piperidine rings is 1. The Morgan fingerprint density at radius 1 is 1.04 bits per heavy atom. The number of benzene rings is 2. The molecule has 5 heteroatoms. The van der Waals surface area contributed by atoms with Crippen molar-refractivity contribution in [1.82, 2.24) is 10.2 Å². The molecule has 0 spiro atoms. The van der Waals surface area contributed by atoms with Crippen LogP contribution in [0, 0.1) is 5.92 Å². The highest BCUT2D eigenvalue weighted by Gasteiger charge is 2.22. The van der Waals surface area contributed by atoms with E-state index in [4.69, 9.17) is 4.74 Å². The number of carbonyl (C=O) groups is 1. The summed E-state index contributed by atoms with van der Waals surface area (Å²) in [6.45, 7) is 2.30. The summed E-state index contributed by atoms with van der Waals surface area (Å²) in [6.07, 6.45) is 5.10. The minimum atomic E-state index is 0.0468. The average molecular weight is 383 g/mol. The van der Waals surface area contributed by atoms with Crippen molar-refractivity contribution >= 4 is 6.03 Å². The van der Waals surface area contributed by atoms with E-state index >= 15 is 0 Å². The van der Waals surface area contributed by atoms with Gasteiger partial charge in [-0.2, -0.15) is 0 Å². The molecule has 3 rings (SSSR count). The van der Waals surface area contributed by atoms with Gasteiger partial charge in [-0.1, -0.05) is 24.3 Å². The van der Waals surface area contributed by atoms with Crippen LogP contribution < -0.4 is 10.1 Å². The fourth-order valence-electron chi connectivity index (χ4n) is 3.68. The van der Waals surface area contributed by atoms with E-state index in [-0.39, 0.29) is 6.03 Å². The maximum Gasteiger partial charge on any atom is 0.317 e. The van der Waals surface area contributed by atoms with Crippen LogP contribution in [-0.4, -0.2) is 42.8 Å². The Bertz CT molecular complexity index is 735. The minimum absolute atomic E-state index is 0.0468. The summed E-state index contributed by atoms with van der Waals surface area (Å²) >= 11 is 0. The number of carbonyl (C=O) groups excluding carboxylic acids is 1. The zero-order valence-corrected chi connectivity index (χ0v) is 16.6. The lowest BCUT2D eigenvalue weighted by molar-refractivity contribution is 0.168. The summed E-state index contributed by atoms with van der Waals surface area (Å²) in [6, 6.07) is 15.5. The molecule has 0 radical (unpaired) electrons. The average Bonchev–Trinajstić information content (AvgIpc) is 2.74. The molecule has 0 atom stereocenters. The minimum Gasteiger partial charge on any atom is -0.508 e. The molecule has 1 aliphatic heterocycles. The quantitative estimate of drug-likeness (QED) is 0.761. The smallest absolute Gasteiger partial charge is 0.317 e. The van der Waals surface area contributed by atoms with E-state index in [9.17, 15) is 9.90 Å². The van der Waals surface area contributed by atoms with E-state index in [1.165, 1.54) is 11.1 Å². The third-order valence-corrected chi connectivity index (χ3v) is 5.53. The van der Waals surface area contributed by atoms with Gasteiger partial charge in [0.2, 0.25) is 0 Å². The van der Waals surface area contributed by atoms with Gasteiger partial charge in [0.15, 0.2) is 0 Å². The summed E-state index contributed by atoms with van der Waals surface area (Å²) in [5.74, 6) is 1.83. The monoisotopic (exact) mass is 382 g/mol. The Morgan fingerprint density at radius 2 is 1.64 bits per heavy atom. The van der Waals surface area contributed by atoms with Gasteiger partial charge < -0.3 is 20.1 Å². The van der Waals surface area contributed by atoms with Crippen molar-refractivity contribution in [2.45, 2.75) is 32.1 Å². The Labute approximate surface area is 167 Å². The zero-order chi connectivity index (χ0) is 19.8. The van der Waals surface area contributed by atoms with Crippen LogP contribution in [0.1, 0.15) is 30.4 Å². The largest absolute Gasteiger partial charge is 0.508 e. The molecule has 0 bridgehead atoms. The second-order valence-corrected chi connectivity index (χ2v) is 7.47. The highest BCUT2D eigenvalue weighted by Crippen LogP contribution is 2.23. The van der Waals surface area contributed by atoms with E-state index in [0.29, 0.717) is 18.2 Å². The topological polar surface area (TPSA) is 61.8 Å². The van der Waals surface area contributed by atoms with Crippen molar-refractivity contribution in [2.75, 3.05) is 26.7 Å². The van der Waals surface area contributed by atoms with Gasteiger partial charge in [0.05, 0.1) is 7.11 Å². The summed E-state index contributed by atoms with van der Waals surface area (Å²) in [5.41, 5.74) is 2.45. The van der Waals surface area contributed by atoms with Gasteiger partial charge in [-0.3, -0.25) is 0 Å². The Kier molecular flexibility index (Phi) is 7.18. The van der Waals surface area contributed by atoms with Crippen molar-refractivity contribution < 1.29 is 14.6 Å². The van der Waals surface area contributed by atoms with Gasteiger partial charge in [-0.15, -0.1) is 0 Å². The van der Waals surface area contributed by atoms with Gasteiger partial charge in [0.25, 0.3) is 0 Å². The van der Waals surface area contributed by atoms with Crippen molar-refractivity contribution in [3.05, 3.63) is 59.7 Å². The van der Waals surface area contributed by atoms with E-state index < -0.39 is 0 Å². The molecule has 0 aliphatic carbocycles. The molecule has 28 heavy (non-hydrogen) atoms. The fourth-order valence-corrected chi connectivity index (χ4v) is 3.68. The molecular weight excluding hydrogens is 352 g/mol. The normalized spacial score (nSPS) is 14.7. The molecule has 0 saturated carbocycles. The van der Waals surface area contributed by atoms with Crippen LogP contribution in [0.2, 0.25) is 0 Å². The van der Waals surface area contributed by atoms with Crippen LogP contribution in [0.3, 0.4) is 0 Å². The number of methoxy groups -OCH3 is 1. The van der Waals surface area contributed by atoms with Crippen LogP contribution in [-0.2, 0) is 12.8 Å². The Morgan fingerprint density at radius 3 is 2.29 bits per heavy atom. The molecule has 5 nitrogen and oxygen atoms in total. The molecule has 0 aromatic heterocycles. The first-order valence-corrected chi connectivity index (χ1v) is 10.1. The number of phenols is 1. The number of nitrogens with zero attached hydrogens (tertiary/aromatic N) is 1. The zero-order valence-electron chi connectivity index (χ0n) is 16.6. The summed E-state index contributed by atoms with van der Waals surface area (Å²) in [7, 11) is 1.66. The lowest BCUT2D eigenvalue weighted by atomic mass is 9.90. The fraction of sp³-hybridized carbons (Fsp3) is 0.435. The number of aryl methyl sites for hydroxylation is 1. The highest BCUT2D eigenvalue weighted by molar-refractivity contribution is 5.74. The standard InChI is InChI=1S/C23H30N2O3/c1-28-22-10-6-19(7-11-22)12-15-24-23(27)25-16-13-20(14-17-25)3-2-18-4-8-21(26)9-5-18/h4-11,20,26H,2-3,12-17H2,1H3,(H,24,27). The van der Waals surface area contributed by atoms with Crippen molar-refractivity contribution in [1.29, 1.82) is 0 Å². The number of ether oxygens (including phenoxy) is 1. The second-order valence-electron chi connectivity index (χ2n) is 7.47. The SMILES string of the molecule is COc1ccc(CCNC(=O)N2CCC(CCc3ccc(O)cc3)CC2)cc1. The first kappa shape index (κ1) is 20.1. The first-order valence-electron chi connectivity index (χ1n) is 10.1. The molecule has 2 aromatic carbocycles. The molecule has 2 amide bonds. The maximum atomic E-state index is 12.4. The molecule has 150 valence electrons. The number of likely N-dealkylation sites (tertiary alicyclic amines) is 1. The Balaban J connectivity index is 1.33. The number of nitrogens with one attached hydrogen (secondary N) is 1. The third kappa shape index (κ3) is 5.91. The van der Waals surface area contributed by atoms with Gasteiger partial charge in [0, 0.05) is 19.6 Å². The van der Waals surface area contributed by atoms with Crippen LogP contribution in [0.4, 0.5) is 4.79 Å². The van der Waals surface area contributed by atoms with Gasteiger partial charge in [-0.25, -0.2) is 4.79 Å². The predicted molar refractivity (Wildman–Crippen MR) is 111 cm³/mol. The van der Waals surface area contributed by atoms with Gasteiger partial charge in [0.1, 0.15) is 11.5 Å². The van der Waals surface area contributed by atoms with Gasteiger partial charge in [-0.05, 0) is 73.4 Å². The molecule has 2 aromatic rings. The van der Waals surface area contributed by atoms with Crippen LogP contribution in [0.5, 0.6) is 11.5 Å². The van der Waals surface area contributed by atoms with E-state index in [2.05, 4.69) is 5.32 Å². The lowest BCUT2D eigenvalue weighted by Gasteiger charge is -2.32. The van der Waals surface area contributed by atoms with Crippen molar-refractivity contribution in [3.63, 3.8) is 0 Å². The van der Waals surface area contributed by atoms with Crippen molar-refractivity contribution in [2.24, 2.45) is 5.92 Å². The third-order valence-electron chi connectivity index (χ3n) is 5.53. The number of phenolic OH excluding ortho intramolecular Hbond substituents is 1. The molecular formula is C23H30N2O3. The Hall–Kier alpha value is -2.69. The number of urea groups is 1. The summed E-state index contributed by atoms with van der Waals surface area (Å²) < 4.78 is 5.16. The molecule has 0 unspecified atom stereocenters. The molecule has 1 saturated heterocycles. The molecule has 1 heterocycles. The van der Waals surface area contributed by atoms with Crippen LogP contribution in [0.15, 0.2) is 48.5 Å². The van der Waals surface area contributed by atoms with E-state index in [1.807, 2.05) is 41.3 Å².